The Morgan fingerprint density at radius 2 is 1.67 bits per heavy atom. The van der Waals surface area contributed by atoms with Gasteiger partial charge in [0.1, 0.15) is 0 Å². The average molecular weight is 218 g/mol. The summed E-state index contributed by atoms with van der Waals surface area (Å²) in [5.74, 6) is -0.917. The van der Waals surface area contributed by atoms with Gasteiger partial charge in [0.05, 0.1) is 5.41 Å². The van der Waals surface area contributed by atoms with Crippen LogP contribution in [-0.4, -0.2) is 16.4 Å². The van der Waals surface area contributed by atoms with Crippen LogP contribution in [0.2, 0.25) is 0 Å². The zero-order valence-electron chi connectivity index (χ0n) is 7.67. The largest absolute Gasteiger partial charge is 0.504 e. The van der Waals surface area contributed by atoms with Gasteiger partial charge in [-0.25, -0.2) is 0 Å². The van der Waals surface area contributed by atoms with Crippen LogP contribution in [0.1, 0.15) is 18.4 Å². The second-order valence-electron chi connectivity index (χ2n) is 3.78. The molecule has 5 heteroatoms. The van der Waals surface area contributed by atoms with Crippen LogP contribution in [0, 0.1) is 0 Å². The number of phenolic OH excluding ortho intramolecular Hbond substituents is 2. The maximum atomic E-state index is 12.7. The van der Waals surface area contributed by atoms with E-state index in [4.69, 9.17) is 10.2 Å². The van der Waals surface area contributed by atoms with Crippen LogP contribution in [0.4, 0.5) is 13.2 Å². The van der Waals surface area contributed by atoms with Gasteiger partial charge in [-0.1, -0.05) is 6.07 Å². The predicted octanol–water partition coefficient (Wildman–Crippen LogP) is 2.69. The zero-order valence-corrected chi connectivity index (χ0v) is 7.67. The van der Waals surface area contributed by atoms with E-state index in [-0.39, 0.29) is 18.4 Å². The Bertz CT molecular complexity index is 394. The Balaban J connectivity index is 2.43. The van der Waals surface area contributed by atoms with E-state index >= 15 is 0 Å². The van der Waals surface area contributed by atoms with Crippen LogP contribution in [0.25, 0.3) is 0 Å². The van der Waals surface area contributed by atoms with Gasteiger partial charge in [-0.2, -0.15) is 13.2 Å². The Labute approximate surface area is 84.0 Å². The average Bonchev–Trinajstić information content (AvgIpc) is 2.88. The van der Waals surface area contributed by atoms with E-state index in [9.17, 15) is 13.2 Å². The van der Waals surface area contributed by atoms with Crippen molar-refractivity contribution in [2.24, 2.45) is 0 Å². The summed E-state index contributed by atoms with van der Waals surface area (Å²) in [6.45, 7) is 0. The molecule has 0 unspecified atom stereocenters. The summed E-state index contributed by atoms with van der Waals surface area (Å²) in [5.41, 5.74) is -1.79. The van der Waals surface area contributed by atoms with Gasteiger partial charge in [-0.15, -0.1) is 0 Å². The molecule has 0 radical (unpaired) electrons. The third-order valence-corrected chi connectivity index (χ3v) is 2.82. The normalized spacial score (nSPS) is 18.9. The van der Waals surface area contributed by atoms with E-state index in [1.165, 1.54) is 6.07 Å². The molecule has 1 saturated carbocycles. The molecule has 1 aliphatic rings. The van der Waals surface area contributed by atoms with Crippen LogP contribution in [0.15, 0.2) is 18.2 Å². The monoisotopic (exact) mass is 218 g/mol. The smallest absolute Gasteiger partial charge is 0.398 e. The fraction of sp³-hybridized carbons (Fsp3) is 0.400. The highest BCUT2D eigenvalue weighted by atomic mass is 19.4. The Hall–Kier alpha value is -1.39. The Morgan fingerprint density at radius 3 is 2.07 bits per heavy atom. The number of hydrogen-bond donors (Lipinski definition) is 2. The summed E-state index contributed by atoms with van der Waals surface area (Å²) in [5, 5.41) is 18.1. The van der Waals surface area contributed by atoms with Crippen molar-refractivity contribution in [3.63, 3.8) is 0 Å². The SMILES string of the molecule is Oc1ccc(C2(C(F)(F)F)CC2)cc1O. The van der Waals surface area contributed by atoms with Crippen molar-refractivity contribution in [3.8, 4) is 11.5 Å². The molecule has 0 aromatic heterocycles. The molecular formula is C10H9F3O2. The molecule has 1 aromatic rings. The lowest BCUT2D eigenvalue weighted by Gasteiger charge is -2.19. The molecule has 0 saturated heterocycles. The molecular weight excluding hydrogens is 209 g/mol. The number of hydrogen-bond acceptors (Lipinski definition) is 2. The first kappa shape index (κ1) is 10.1. The van der Waals surface area contributed by atoms with Gasteiger partial charge in [0, 0.05) is 0 Å². The van der Waals surface area contributed by atoms with Crippen LogP contribution >= 0.6 is 0 Å². The van der Waals surface area contributed by atoms with E-state index in [1.54, 1.807) is 0 Å². The summed E-state index contributed by atoms with van der Waals surface area (Å²) in [4.78, 5) is 0. The maximum absolute atomic E-state index is 12.7. The highest BCUT2D eigenvalue weighted by molar-refractivity contribution is 5.45. The van der Waals surface area contributed by atoms with Gasteiger partial charge in [-0.3, -0.25) is 0 Å². The minimum absolute atomic E-state index is 0.0188. The fourth-order valence-electron chi connectivity index (χ4n) is 1.68. The molecule has 0 amide bonds. The molecule has 2 rings (SSSR count). The molecule has 2 nitrogen and oxygen atoms in total. The predicted molar refractivity (Wildman–Crippen MR) is 46.7 cm³/mol. The highest BCUT2D eigenvalue weighted by Crippen LogP contribution is 2.59. The summed E-state index contributed by atoms with van der Waals surface area (Å²) in [6.07, 6.45) is -4.21. The minimum Gasteiger partial charge on any atom is -0.504 e. The standard InChI is InChI=1S/C10H9F3O2/c11-10(12,13)9(3-4-9)6-1-2-7(14)8(15)5-6/h1-2,5,14-15H,3-4H2. The number of phenols is 2. The van der Waals surface area contributed by atoms with Crippen LogP contribution in [0.5, 0.6) is 11.5 Å². The van der Waals surface area contributed by atoms with Crippen molar-refractivity contribution in [1.82, 2.24) is 0 Å². The van der Waals surface area contributed by atoms with Gasteiger partial charge < -0.3 is 10.2 Å². The first-order valence-corrected chi connectivity index (χ1v) is 4.46. The van der Waals surface area contributed by atoms with Gasteiger partial charge in [-0.05, 0) is 30.5 Å². The van der Waals surface area contributed by atoms with Crippen molar-refractivity contribution < 1.29 is 23.4 Å². The zero-order chi connectivity index (χ0) is 11.3. The summed E-state index contributed by atoms with van der Waals surface area (Å²) >= 11 is 0. The van der Waals surface area contributed by atoms with Crippen molar-refractivity contribution in [2.75, 3.05) is 0 Å². The maximum Gasteiger partial charge on any atom is 0.398 e. The number of alkyl halides is 3. The molecule has 0 bridgehead atoms. The number of aromatic hydroxyl groups is 2. The molecule has 0 heterocycles. The highest BCUT2D eigenvalue weighted by Gasteiger charge is 2.64. The summed E-state index contributed by atoms with van der Waals surface area (Å²) in [6, 6.07) is 3.27. The van der Waals surface area contributed by atoms with Crippen LogP contribution in [-0.2, 0) is 5.41 Å². The quantitative estimate of drug-likeness (QED) is 0.711. The molecule has 15 heavy (non-hydrogen) atoms. The first-order valence-electron chi connectivity index (χ1n) is 4.46. The molecule has 0 aliphatic heterocycles. The van der Waals surface area contributed by atoms with Crippen LogP contribution in [0.3, 0.4) is 0 Å². The second-order valence-corrected chi connectivity index (χ2v) is 3.78. The van der Waals surface area contributed by atoms with Gasteiger partial charge in [0.2, 0.25) is 0 Å². The van der Waals surface area contributed by atoms with E-state index in [0.717, 1.165) is 12.1 Å². The fourth-order valence-corrected chi connectivity index (χ4v) is 1.68. The van der Waals surface area contributed by atoms with Crippen molar-refractivity contribution in [1.29, 1.82) is 0 Å². The van der Waals surface area contributed by atoms with E-state index in [2.05, 4.69) is 0 Å². The van der Waals surface area contributed by atoms with E-state index in [0.29, 0.717) is 0 Å². The minimum atomic E-state index is -4.30. The van der Waals surface area contributed by atoms with Gasteiger partial charge in [0.15, 0.2) is 11.5 Å². The summed E-state index contributed by atoms with van der Waals surface area (Å²) < 4.78 is 38.0. The molecule has 2 N–H and O–H groups in total. The molecule has 1 fully saturated rings. The number of benzene rings is 1. The van der Waals surface area contributed by atoms with Crippen molar-refractivity contribution in [3.05, 3.63) is 23.8 Å². The molecule has 1 aromatic carbocycles. The lowest BCUT2D eigenvalue weighted by molar-refractivity contribution is -0.160. The van der Waals surface area contributed by atoms with Crippen LogP contribution < -0.4 is 0 Å². The second kappa shape index (κ2) is 2.81. The molecule has 0 spiro atoms. The molecule has 0 atom stereocenters. The third-order valence-electron chi connectivity index (χ3n) is 2.82. The van der Waals surface area contributed by atoms with E-state index in [1.807, 2.05) is 0 Å². The first-order chi connectivity index (χ1) is 6.87. The number of halogens is 3. The van der Waals surface area contributed by atoms with Crippen molar-refractivity contribution >= 4 is 0 Å². The Kier molecular flexibility index (Phi) is 1.90. The lowest BCUT2D eigenvalue weighted by atomic mass is 9.95. The topological polar surface area (TPSA) is 40.5 Å². The van der Waals surface area contributed by atoms with Gasteiger partial charge >= 0.3 is 6.18 Å². The van der Waals surface area contributed by atoms with Gasteiger partial charge in [0.25, 0.3) is 0 Å². The third kappa shape index (κ3) is 1.42. The molecule has 82 valence electrons. The number of rotatable bonds is 1. The summed E-state index contributed by atoms with van der Waals surface area (Å²) in [7, 11) is 0. The van der Waals surface area contributed by atoms with E-state index < -0.39 is 23.1 Å². The lowest BCUT2D eigenvalue weighted by Crippen LogP contribution is -2.28. The Morgan fingerprint density at radius 1 is 1.07 bits per heavy atom. The molecule has 1 aliphatic carbocycles. The van der Waals surface area contributed by atoms with Crippen molar-refractivity contribution in [2.45, 2.75) is 24.4 Å².